The Morgan fingerprint density at radius 3 is 2.61 bits per heavy atom. The second-order valence-electron chi connectivity index (χ2n) is 7.18. The first-order chi connectivity index (χ1) is 13.4. The van der Waals surface area contributed by atoms with Crippen molar-refractivity contribution in [3.63, 3.8) is 0 Å². The summed E-state index contributed by atoms with van der Waals surface area (Å²) >= 11 is 5.97. The Kier molecular flexibility index (Phi) is 4.84. The van der Waals surface area contributed by atoms with Crippen LogP contribution in [0.5, 0.6) is 0 Å². The van der Waals surface area contributed by atoms with Gasteiger partial charge in [-0.2, -0.15) is 5.10 Å². The SMILES string of the molecule is CNC(=O)c1cc(C(=O)N[C@H]2[C@@H]3COC[C@@H]32)n([C@@H](C)c2cc(F)cc(Cl)c2)n1. The Bertz CT molecular complexity index is 917. The molecule has 2 aromatic rings. The molecule has 7 nitrogen and oxygen atoms in total. The van der Waals surface area contributed by atoms with Crippen LogP contribution in [0.15, 0.2) is 24.3 Å². The summed E-state index contributed by atoms with van der Waals surface area (Å²) in [4.78, 5) is 24.9. The van der Waals surface area contributed by atoms with Crippen LogP contribution in [-0.2, 0) is 4.74 Å². The molecule has 0 unspecified atom stereocenters. The number of fused-ring (bicyclic) bond motifs is 1. The van der Waals surface area contributed by atoms with Gasteiger partial charge in [-0.05, 0) is 30.7 Å². The Hall–Kier alpha value is -2.45. The Labute approximate surface area is 166 Å². The second kappa shape index (κ2) is 7.18. The number of rotatable bonds is 5. The zero-order valence-electron chi connectivity index (χ0n) is 15.4. The summed E-state index contributed by atoms with van der Waals surface area (Å²) in [6, 6.07) is 5.17. The van der Waals surface area contributed by atoms with Crippen molar-refractivity contribution < 1.29 is 18.7 Å². The molecule has 4 atom stereocenters. The van der Waals surface area contributed by atoms with Crippen molar-refractivity contribution >= 4 is 23.4 Å². The number of benzene rings is 1. The molecule has 4 rings (SSSR count). The van der Waals surface area contributed by atoms with Gasteiger partial charge in [-0.3, -0.25) is 14.3 Å². The molecule has 0 radical (unpaired) electrons. The maximum absolute atomic E-state index is 13.8. The maximum Gasteiger partial charge on any atom is 0.271 e. The van der Waals surface area contributed by atoms with Crippen LogP contribution in [0, 0.1) is 17.7 Å². The number of hydrogen-bond donors (Lipinski definition) is 2. The fourth-order valence-corrected chi connectivity index (χ4v) is 3.97. The number of halogens is 2. The highest BCUT2D eigenvalue weighted by molar-refractivity contribution is 6.30. The van der Waals surface area contributed by atoms with E-state index in [0.29, 0.717) is 30.6 Å². The van der Waals surface area contributed by atoms with E-state index in [4.69, 9.17) is 16.3 Å². The van der Waals surface area contributed by atoms with Crippen molar-refractivity contribution in [2.75, 3.05) is 20.3 Å². The summed E-state index contributed by atoms with van der Waals surface area (Å²) < 4.78 is 20.6. The summed E-state index contributed by atoms with van der Waals surface area (Å²) in [5.74, 6) is -0.522. The van der Waals surface area contributed by atoms with E-state index in [1.165, 1.54) is 29.9 Å². The predicted octanol–water partition coefficient (Wildman–Crippen LogP) is 2.02. The van der Waals surface area contributed by atoms with Crippen molar-refractivity contribution in [1.82, 2.24) is 20.4 Å². The highest BCUT2D eigenvalue weighted by Crippen LogP contribution is 2.44. The average molecular weight is 407 g/mol. The van der Waals surface area contributed by atoms with Gasteiger partial charge in [0.25, 0.3) is 11.8 Å². The molecule has 2 heterocycles. The van der Waals surface area contributed by atoms with Gasteiger partial charge in [0.05, 0.1) is 19.3 Å². The van der Waals surface area contributed by atoms with E-state index in [1.807, 2.05) is 0 Å². The Morgan fingerprint density at radius 2 is 1.96 bits per heavy atom. The molecule has 1 saturated heterocycles. The molecule has 1 aromatic carbocycles. The fraction of sp³-hybridized carbons (Fsp3) is 0.421. The summed E-state index contributed by atoms with van der Waals surface area (Å²) in [6.07, 6.45) is 0. The van der Waals surface area contributed by atoms with Gasteiger partial charge >= 0.3 is 0 Å². The third-order valence-corrected chi connectivity index (χ3v) is 5.63. The number of nitrogens with zero attached hydrogens (tertiary/aromatic N) is 2. The first-order valence-corrected chi connectivity index (χ1v) is 9.43. The maximum atomic E-state index is 13.8. The molecule has 0 bridgehead atoms. The molecule has 1 saturated carbocycles. The first kappa shape index (κ1) is 18.9. The van der Waals surface area contributed by atoms with Crippen LogP contribution in [-0.4, -0.2) is 47.9 Å². The smallest absolute Gasteiger partial charge is 0.271 e. The lowest BCUT2D eigenvalue weighted by Gasteiger charge is -2.17. The quantitative estimate of drug-likeness (QED) is 0.795. The van der Waals surface area contributed by atoms with Gasteiger partial charge in [-0.1, -0.05) is 11.6 Å². The molecule has 2 aliphatic rings. The summed E-state index contributed by atoms with van der Waals surface area (Å²) in [6.45, 7) is 3.06. The van der Waals surface area contributed by atoms with Crippen molar-refractivity contribution in [2.24, 2.45) is 11.8 Å². The van der Waals surface area contributed by atoms with Gasteiger partial charge in [0.2, 0.25) is 0 Å². The normalized spacial score (nSPS) is 23.8. The lowest BCUT2D eigenvalue weighted by molar-refractivity contribution is 0.0915. The molecule has 1 aromatic heterocycles. The minimum atomic E-state index is -0.505. The summed E-state index contributed by atoms with van der Waals surface area (Å²) in [7, 11) is 1.49. The van der Waals surface area contributed by atoms with Crippen LogP contribution in [0.2, 0.25) is 5.02 Å². The summed E-state index contributed by atoms with van der Waals surface area (Å²) in [5.41, 5.74) is 0.890. The van der Waals surface area contributed by atoms with Crippen molar-refractivity contribution in [1.29, 1.82) is 0 Å². The first-order valence-electron chi connectivity index (χ1n) is 9.05. The molecule has 1 aliphatic carbocycles. The highest BCUT2D eigenvalue weighted by atomic mass is 35.5. The minimum Gasteiger partial charge on any atom is -0.381 e. The number of ether oxygens (including phenoxy) is 1. The van der Waals surface area contributed by atoms with Crippen molar-refractivity contribution in [2.45, 2.75) is 19.0 Å². The topological polar surface area (TPSA) is 85.3 Å². The fourth-order valence-electron chi connectivity index (χ4n) is 3.73. The van der Waals surface area contributed by atoms with Crippen LogP contribution in [0.25, 0.3) is 0 Å². The van der Waals surface area contributed by atoms with Gasteiger partial charge in [0, 0.05) is 36.0 Å². The van der Waals surface area contributed by atoms with Gasteiger partial charge in [-0.15, -0.1) is 0 Å². The number of hydrogen-bond acceptors (Lipinski definition) is 4. The van der Waals surface area contributed by atoms with E-state index in [1.54, 1.807) is 13.0 Å². The van der Waals surface area contributed by atoms with Crippen LogP contribution < -0.4 is 10.6 Å². The average Bonchev–Trinajstić information content (AvgIpc) is 3.07. The molecule has 2 N–H and O–H groups in total. The van der Waals surface area contributed by atoms with Gasteiger partial charge in [-0.25, -0.2) is 4.39 Å². The molecule has 0 spiro atoms. The van der Waals surface area contributed by atoms with Crippen LogP contribution in [0.3, 0.4) is 0 Å². The third-order valence-electron chi connectivity index (χ3n) is 5.41. The number of amides is 2. The van der Waals surface area contributed by atoms with E-state index in [9.17, 15) is 14.0 Å². The van der Waals surface area contributed by atoms with Crippen LogP contribution in [0.4, 0.5) is 4.39 Å². The number of nitrogens with one attached hydrogen (secondary N) is 2. The zero-order valence-corrected chi connectivity index (χ0v) is 16.2. The lowest BCUT2D eigenvalue weighted by atomic mass is 10.1. The van der Waals surface area contributed by atoms with E-state index in [-0.39, 0.29) is 28.4 Å². The van der Waals surface area contributed by atoms with Crippen molar-refractivity contribution in [3.8, 4) is 0 Å². The minimum absolute atomic E-state index is 0.0759. The molecule has 1 aliphatic heterocycles. The monoisotopic (exact) mass is 406 g/mol. The lowest BCUT2D eigenvalue weighted by Crippen LogP contribution is -2.32. The van der Waals surface area contributed by atoms with Crippen LogP contribution in [0.1, 0.15) is 39.5 Å². The second-order valence-corrected chi connectivity index (χ2v) is 7.62. The largest absolute Gasteiger partial charge is 0.381 e. The van der Waals surface area contributed by atoms with Crippen molar-refractivity contribution in [3.05, 3.63) is 52.1 Å². The van der Waals surface area contributed by atoms with Gasteiger partial charge in [0.15, 0.2) is 5.69 Å². The van der Waals surface area contributed by atoms with E-state index in [0.717, 1.165) is 0 Å². The summed E-state index contributed by atoms with van der Waals surface area (Å²) in [5, 5.41) is 10.0. The molecular formula is C19H20ClFN4O3. The molecule has 9 heteroatoms. The van der Waals surface area contributed by atoms with E-state index < -0.39 is 17.8 Å². The van der Waals surface area contributed by atoms with Gasteiger partial charge in [0.1, 0.15) is 11.5 Å². The standard InChI is InChI=1S/C19H20ClFN4O3/c1-9(10-3-11(20)5-12(21)4-10)25-16(6-15(24-25)18(26)22-2)19(27)23-17-13-7-28-8-14(13)17/h3-6,9,13-14,17H,7-8H2,1-2H3,(H,22,26)(H,23,27)/t9-,13-,14+,17+/m0/s1. The molecule has 148 valence electrons. The van der Waals surface area contributed by atoms with E-state index in [2.05, 4.69) is 15.7 Å². The zero-order chi connectivity index (χ0) is 20.0. The third kappa shape index (κ3) is 3.38. The number of carbonyl (C=O) groups excluding carboxylic acids is 2. The number of aromatic nitrogens is 2. The van der Waals surface area contributed by atoms with Gasteiger partial charge < -0.3 is 15.4 Å². The van der Waals surface area contributed by atoms with E-state index >= 15 is 0 Å². The molecule has 2 amide bonds. The Balaban J connectivity index is 1.65. The molecular weight excluding hydrogens is 387 g/mol. The number of carbonyl (C=O) groups is 2. The Morgan fingerprint density at radius 1 is 1.25 bits per heavy atom. The predicted molar refractivity (Wildman–Crippen MR) is 99.9 cm³/mol. The molecule has 2 fully saturated rings. The van der Waals surface area contributed by atoms with Crippen LogP contribution >= 0.6 is 11.6 Å². The molecule has 28 heavy (non-hydrogen) atoms. The highest BCUT2D eigenvalue weighted by Gasteiger charge is 2.55.